The van der Waals surface area contributed by atoms with E-state index in [4.69, 9.17) is 11.6 Å². The van der Waals surface area contributed by atoms with Crippen molar-refractivity contribution in [2.75, 3.05) is 11.8 Å². The molecule has 0 saturated carbocycles. The van der Waals surface area contributed by atoms with Gasteiger partial charge in [-0.25, -0.2) is 8.42 Å². The highest BCUT2D eigenvalue weighted by molar-refractivity contribution is 9.10. The maximum Gasteiger partial charge on any atom is 0.261 e. The maximum absolute atomic E-state index is 12.4. The first-order chi connectivity index (χ1) is 9.94. The second kappa shape index (κ2) is 6.79. The lowest BCUT2D eigenvalue weighted by atomic mass is 10.2. The predicted octanol–water partition coefficient (Wildman–Crippen LogP) is 3.62. The summed E-state index contributed by atoms with van der Waals surface area (Å²) in [5.74, 6) is 0. The molecule has 0 amide bonds. The van der Waals surface area contributed by atoms with E-state index < -0.39 is 10.0 Å². The van der Waals surface area contributed by atoms with Crippen molar-refractivity contribution < 1.29 is 8.42 Å². The van der Waals surface area contributed by atoms with Gasteiger partial charge in [0.05, 0.1) is 10.6 Å². The first-order valence-electron chi connectivity index (χ1n) is 6.14. The highest BCUT2D eigenvalue weighted by Gasteiger charge is 2.17. The topological polar surface area (TPSA) is 58.2 Å². The Morgan fingerprint density at radius 1 is 1.19 bits per heavy atom. The van der Waals surface area contributed by atoms with Crippen LogP contribution < -0.4 is 10.0 Å². The summed E-state index contributed by atoms with van der Waals surface area (Å²) < 4.78 is 28.1. The average Bonchev–Trinajstić information content (AvgIpc) is 2.44. The molecule has 2 aromatic carbocycles. The van der Waals surface area contributed by atoms with Crippen molar-refractivity contribution in [3.8, 4) is 0 Å². The van der Waals surface area contributed by atoms with Crippen molar-refractivity contribution in [1.82, 2.24) is 5.32 Å². The fourth-order valence-electron chi connectivity index (χ4n) is 1.79. The van der Waals surface area contributed by atoms with Crippen molar-refractivity contribution in [3.05, 3.63) is 57.5 Å². The van der Waals surface area contributed by atoms with E-state index >= 15 is 0 Å². The van der Waals surface area contributed by atoms with Gasteiger partial charge in [-0.3, -0.25) is 4.72 Å². The van der Waals surface area contributed by atoms with Gasteiger partial charge in [-0.2, -0.15) is 0 Å². The van der Waals surface area contributed by atoms with Gasteiger partial charge in [-0.15, -0.1) is 0 Å². The van der Waals surface area contributed by atoms with Gasteiger partial charge in [-0.1, -0.05) is 23.7 Å². The zero-order chi connectivity index (χ0) is 15.5. The van der Waals surface area contributed by atoms with E-state index in [-0.39, 0.29) is 4.90 Å². The number of nitrogens with one attached hydrogen (secondary N) is 2. The minimum absolute atomic E-state index is 0.174. The molecule has 0 aliphatic heterocycles. The molecule has 112 valence electrons. The second-order valence-electron chi connectivity index (χ2n) is 4.37. The lowest BCUT2D eigenvalue weighted by Crippen LogP contribution is -2.14. The summed E-state index contributed by atoms with van der Waals surface area (Å²) in [6.45, 7) is 0.497. The van der Waals surface area contributed by atoms with E-state index in [0.29, 0.717) is 21.7 Å². The normalized spacial score (nSPS) is 11.4. The third kappa shape index (κ3) is 3.97. The van der Waals surface area contributed by atoms with Gasteiger partial charge < -0.3 is 5.32 Å². The molecule has 2 aromatic rings. The maximum atomic E-state index is 12.4. The van der Waals surface area contributed by atoms with E-state index in [0.717, 1.165) is 5.56 Å². The molecule has 4 nitrogen and oxygen atoms in total. The van der Waals surface area contributed by atoms with Gasteiger partial charge in [0.2, 0.25) is 0 Å². The molecule has 2 rings (SSSR count). The van der Waals surface area contributed by atoms with Crippen molar-refractivity contribution >= 4 is 43.2 Å². The Kier molecular flexibility index (Phi) is 5.27. The van der Waals surface area contributed by atoms with Crippen LogP contribution in [0.5, 0.6) is 0 Å². The minimum atomic E-state index is -3.66. The molecule has 0 aromatic heterocycles. The van der Waals surface area contributed by atoms with Gasteiger partial charge in [-0.05, 0) is 58.9 Å². The third-order valence-electron chi connectivity index (χ3n) is 2.81. The molecule has 0 unspecified atom stereocenters. The Hall–Kier alpha value is -1.08. The van der Waals surface area contributed by atoms with E-state index in [9.17, 15) is 8.42 Å². The van der Waals surface area contributed by atoms with Crippen LogP contribution in [0.15, 0.2) is 51.8 Å². The molecule has 0 bridgehead atoms. The minimum Gasteiger partial charge on any atom is -0.316 e. The highest BCUT2D eigenvalue weighted by Crippen LogP contribution is 2.26. The zero-order valence-corrected chi connectivity index (χ0v) is 14.4. The van der Waals surface area contributed by atoms with Crippen LogP contribution in [-0.2, 0) is 16.6 Å². The summed E-state index contributed by atoms with van der Waals surface area (Å²) in [4.78, 5) is 0.174. The fraction of sp³-hybridized carbons (Fsp3) is 0.143. The Labute approximate surface area is 137 Å². The van der Waals surface area contributed by atoms with E-state index in [2.05, 4.69) is 26.0 Å². The van der Waals surface area contributed by atoms with Crippen LogP contribution in [-0.4, -0.2) is 15.5 Å². The summed E-state index contributed by atoms with van der Waals surface area (Å²) in [7, 11) is -1.89. The molecule has 7 heteroatoms. The van der Waals surface area contributed by atoms with Crippen LogP contribution in [0.25, 0.3) is 0 Å². The average molecular weight is 390 g/mol. The van der Waals surface area contributed by atoms with Crippen LogP contribution in [0.2, 0.25) is 5.02 Å². The molecule has 0 fully saturated rings. The van der Waals surface area contributed by atoms with E-state index in [1.54, 1.807) is 37.4 Å². The van der Waals surface area contributed by atoms with Crippen LogP contribution in [0, 0.1) is 0 Å². The van der Waals surface area contributed by atoms with Crippen molar-refractivity contribution in [2.24, 2.45) is 0 Å². The number of benzene rings is 2. The molecule has 0 atom stereocenters. The lowest BCUT2D eigenvalue weighted by molar-refractivity contribution is 0.601. The Bertz CT molecular complexity index is 750. The van der Waals surface area contributed by atoms with Gasteiger partial charge in [0, 0.05) is 16.0 Å². The van der Waals surface area contributed by atoms with Gasteiger partial charge >= 0.3 is 0 Å². The van der Waals surface area contributed by atoms with Gasteiger partial charge in [0.1, 0.15) is 0 Å². The quantitative estimate of drug-likeness (QED) is 0.821. The zero-order valence-electron chi connectivity index (χ0n) is 11.2. The lowest BCUT2D eigenvalue weighted by Gasteiger charge is -2.11. The molecule has 0 saturated heterocycles. The molecule has 0 spiro atoms. The largest absolute Gasteiger partial charge is 0.316 e. The standard InChI is InChI=1S/C14H14BrClN2O2S/c1-17-9-10-8-11(6-7-13(10)16)21(19,20)18-14-5-3-2-4-12(14)15/h2-8,17-18H,9H2,1H3. The third-order valence-corrected chi connectivity index (χ3v) is 5.24. The van der Waals surface area contributed by atoms with E-state index in [1.165, 1.54) is 6.07 Å². The van der Waals surface area contributed by atoms with E-state index in [1.807, 2.05) is 6.07 Å². The molecule has 21 heavy (non-hydrogen) atoms. The number of halogens is 2. The fourth-order valence-corrected chi connectivity index (χ4v) is 3.62. The smallest absolute Gasteiger partial charge is 0.261 e. The molecule has 0 aliphatic carbocycles. The van der Waals surface area contributed by atoms with Gasteiger partial charge in [0.15, 0.2) is 0 Å². The van der Waals surface area contributed by atoms with Crippen LogP contribution in [0.4, 0.5) is 5.69 Å². The summed E-state index contributed by atoms with van der Waals surface area (Å²) in [5.41, 5.74) is 1.22. The number of para-hydroxylation sites is 1. The van der Waals surface area contributed by atoms with Crippen molar-refractivity contribution in [1.29, 1.82) is 0 Å². The number of hydrogen-bond acceptors (Lipinski definition) is 3. The Morgan fingerprint density at radius 2 is 1.90 bits per heavy atom. The Morgan fingerprint density at radius 3 is 2.57 bits per heavy atom. The summed E-state index contributed by atoms with van der Waals surface area (Å²) in [6, 6.07) is 11.7. The SMILES string of the molecule is CNCc1cc(S(=O)(=O)Nc2ccccc2Br)ccc1Cl. The van der Waals surface area contributed by atoms with Crippen LogP contribution in [0.1, 0.15) is 5.56 Å². The second-order valence-corrected chi connectivity index (χ2v) is 7.31. The summed E-state index contributed by atoms with van der Waals surface area (Å²) >= 11 is 9.36. The first kappa shape index (κ1) is 16.3. The number of hydrogen-bond donors (Lipinski definition) is 2. The number of anilines is 1. The summed E-state index contributed by atoms with van der Waals surface area (Å²) in [6.07, 6.45) is 0. The van der Waals surface area contributed by atoms with Crippen molar-refractivity contribution in [2.45, 2.75) is 11.4 Å². The van der Waals surface area contributed by atoms with Gasteiger partial charge in [0.25, 0.3) is 10.0 Å². The van der Waals surface area contributed by atoms with Crippen LogP contribution in [0.3, 0.4) is 0 Å². The number of rotatable bonds is 5. The molecule has 0 radical (unpaired) electrons. The molecule has 0 heterocycles. The number of sulfonamides is 1. The predicted molar refractivity (Wildman–Crippen MR) is 89.2 cm³/mol. The summed E-state index contributed by atoms with van der Waals surface area (Å²) in [5, 5.41) is 3.49. The monoisotopic (exact) mass is 388 g/mol. The van der Waals surface area contributed by atoms with Crippen molar-refractivity contribution in [3.63, 3.8) is 0 Å². The molecule has 0 aliphatic rings. The first-order valence-corrected chi connectivity index (χ1v) is 8.80. The molecular formula is C14H14BrClN2O2S. The highest BCUT2D eigenvalue weighted by atomic mass is 79.9. The van der Waals surface area contributed by atoms with Crippen LogP contribution >= 0.6 is 27.5 Å². The molecular weight excluding hydrogens is 376 g/mol. The Balaban J connectivity index is 2.36. The molecule has 2 N–H and O–H groups in total.